The molecule has 1 N–H and O–H groups in total. The molecule has 7 nitrogen and oxygen atoms in total. The van der Waals surface area contributed by atoms with Crippen molar-refractivity contribution in [3.05, 3.63) is 88.9 Å². The first-order chi connectivity index (χ1) is 16.4. The third-order valence-corrected chi connectivity index (χ3v) is 7.03. The number of carbonyl (C=O) groups excluding carboxylic acids is 2. The van der Waals surface area contributed by atoms with E-state index in [1.165, 1.54) is 31.3 Å². The van der Waals surface area contributed by atoms with Gasteiger partial charge in [-0.25, -0.2) is 13.2 Å². The molecule has 1 amide bonds. The fraction of sp³-hybridized carbons (Fsp3) is 0.130. The minimum absolute atomic E-state index is 0.147. The van der Waals surface area contributed by atoms with Crippen LogP contribution in [0.2, 0.25) is 5.02 Å². The van der Waals surface area contributed by atoms with Crippen LogP contribution >= 0.6 is 11.6 Å². The molecular weight excluding hydrogens is 509 g/mol. The number of alkyl halides is 3. The minimum atomic E-state index is -4.70. The van der Waals surface area contributed by atoms with Crippen LogP contribution in [0.3, 0.4) is 0 Å². The van der Waals surface area contributed by atoms with Crippen molar-refractivity contribution in [2.75, 3.05) is 23.3 Å². The highest BCUT2D eigenvalue weighted by Gasteiger charge is 2.33. The van der Waals surface area contributed by atoms with Crippen molar-refractivity contribution in [1.29, 1.82) is 0 Å². The largest absolute Gasteiger partial charge is 0.452 e. The Bertz CT molecular complexity index is 1350. The van der Waals surface area contributed by atoms with E-state index in [0.29, 0.717) is 5.69 Å². The molecule has 0 saturated heterocycles. The van der Waals surface area contributed by atoms with Crippen LogP contribution in [-0.2, 0) is 25.7 Å². The Labute approximate surface area is 204 Å². The zero-order valence-corrected chi connectivity index (χ0v) is 19.6. The molecule has 0 saturated carbocycles. The van der Waals surface area contributed by atoms with Crippen LogP contribution in [0.5, 0.6) is 0 Å². The second-order valence-electron chi connectivity index (χ2n) is 7.12. The summed E-state index contributed by atoms with van der Waals surface area (Å²) in [6.07, 6.45) is -4.70. The Morgan fingerprint density at radius 3 is 2.29 bits per heavy atom. The average molecular weight is 527 g/mol. The van der Waals surface area contributed by atoms with Gasteiger partial charge in [0.1, 0.15) is 4.90 Å². The number of nitrogens with zero attached hydrogens (tertiary/aromatic N) is 1. The first-order valence-corrected chi connectivity index (χ1v) is 11.7. The van der Waals surface area contributed by atoms with E-state index in [-0.39, 0.29) is 15.5 Å². The lowest BCUT2D eigenvalue weighted by Crippen LogP contribution is -2.27. The van der Waals surface area contributed by atoms with Crippen molar-refractivity contribution >= 4 is 44.9 Å². The molecule has 3 rings (SSSR count). The van der Waals surface area contributed by atoms with E-state index < -0.39 is 45.9 Å². The summed E-state index contributed by atoms with van der Waals surface area (Å²) >= 11 is 6.07. The summed E-state index contributed by atoms with van der Waals surface area (Å²) < 4.78 is 71.1. The topological polar surface area (TPSA) is 92.8 Å². The van der Waals surface area contributed by atoms with Gasteiger partial charge in [-0.15, -0.1) is 0 Å². The van der Waals surface area contributed by atoms with Crippen molar-refractivity contribution in [3.63, 3.8) is 0 Å². The molecule has 0 spiro atoms. The Kier molecular flexibility index (Phi) is 7.71. The van der Waals surface area contributed by atoms with E-state index in [0.717, 1.165) is 22.5 Å². The molecule has 0 aliphatic rings. The van der Waals surface area contributed by atoms with Gasteiger partial charge in [-0.05, 0) is 42.5 Å². The van der Waals surface area contributed by atoms with Gasteiger partial charge < -0.3 is 10.1 Å². The number of halogens is 4. The van der Waals surface area contributed by atoms with Crippen LogP contribution in [0, 0.1) is 0 Å². The van der Waals surface area contributed by atoms with Gasteiger partial charge in [0, 0.05) is 7.05 Å². The molecule has 3 aromatic rings. The maximum atomic E-state index is 13.1. The summed E-state index contributed by atoms with van der Waals surface area (Å²) in [6, 6.07) is 15.8. The predicted octanol–water partition coefficient (Wildman–Crippen LogP) is 4.98. The third kappa shape index (κ3) is 6.11. The Balaban J connectivity index is 1.74. The SMILES string of the molecule is CN(c1ccccc1)S(=O)(=O)c1cc(C(=O)OCC(=O)Nc2ccccc2C(F)(F)F)ccc1Cl. The molecule has 12 heteroatoms. The number of esters is 1. The molecule has 35 heavy (non-hydrogen) atoms. The van der Waals surface area contributed by atoms with E-state index >= 15 is 0 Å². The molecule has 0 radical (unpaired) electrons. The van der Waals surface area contributed by atoms with Crippen molar-refractivity contribution < 1.29 is 35.9 Å². The van der Waals surface area contributed by atoms with E-state index in [4.69, 9.17) is 16.3 Å². The summed E-state index contributed by atoms with van der Waals surface area (Å²) in [5, 5.41) is 1.89. The van der Waals surface area contributed by atoms with E-state index in [9.17, 15) is 31.2 Å². The molecule has 3 aromatic carbocycles. The van der Waals surface area contributed by atoms with Gasteiger partial charge in [-0.3, -0.25) is 9.10 Å². The first kappa shape index (κ1) is 26.0. The number of anilines is 2. The summed E-state index contributed by atoms with van der Waals surface area (Å²) in [7, 11) is -2.85. The normalized spacial score (nSPS) is 11.6. The maximum absolute atomic E-state index is 13.1. The zero-order chi connectivity index (χ0) is 25.8. The van der Waals surface area contributed by atoms with Gasteiger partial charge in [0.05, 0.1) is 27.5 Å². The number of hydrogen-bond acceptors (Lipinski definition) is 5. The van der Waals surface area contributed by atoms with Crippen LogP contribution in [0.15, 0.2) is 77.7 Å². The van der Waals surface area contributed by atoms with Gasteiger partial charge >= 0.3 is 12.1 Å². The summed E-state index contributed by atoms with van der Waals surface area (Å²) in [5.41, 5.74) is -1.43. The molecule has 0 atom stereocenters. The molecule has 0 bridgehead atoms. The number of sulfonamides is 1. The number of amides is 1. The lowest BCUT2D eigenvalue weighted by atomic mass is 10.1. The number of benzene rings is 3. The Morgan fingerprint density at radius 1 is 1.00 bits per heavy atom. The van der Waals surface area contributed by atoms with Crippen molar-refractivity contribution in [1.82, 2.24) is 0 Å². The Morgan fingerprint density at radius 2 is 1.63 bits per heavy atom. The second-order valence-corrected chi connectivity index (χ2v) is 9.47. The third-order valence-electron chi connectivity index (χ3n) is 4.77. The first-order valence-electron chi connectivity index (χ1n) is 9.88. The highest BCUT2D eigenvalue weighted by atomic mass is 35.5. The van der Waals surface area contributed by atoms with Gasteiger partial charge in [0.2, 0.25) is 0 Å². The fourth-order valence-corrected chi connectivity index (χ4v) is 4.69. The summed E-state index contributed by atoms with van der Waals surface area (Å²) in [5.74, 6) is -2.08. The predicted molar refractivity (Wildman–Crippen MR) is 124 cm³/mol. The lowest BCUT2D eigenvalue weighted by Gasteiger charge is -2.20. The second kappa shape index (κ2) is 10.4. The monoisotopic (exact) mass is 526 g/mol. The number of rotatable bonds is 7. The zero-order valence-electron chi connectivity index (χ0n) is 18.0. The number of nitrogens with one attached hydrogen (secondary N) is 1. The van der Waals surface area contributed by atoms with E-state index in [1.807, 2.05) is 5.32 Å². The van der Waals surface area contributed by atoms with Crippen LogP contribution in [0.25, 0.3) is 0 Å². The Hall–Kier alpha value is -3.57. The number of carbonyl (C=O) groups is 2. The molecule has 184 valence electrons. The molecule has 0 aromatic heterocycles. The summed E-state index contributed by atoms with van der Waals surface area (Å²) in [4.78, 5) is 24.1. The van der Waals surface area contributed by atoms with Crippen molar-refractivity contribution in [3.8, 4) is 0 Å². The van der Waals surface area contributed by atoms with Crippen molar-refractivity contribution in [2.45, 2.75) is 11.1 Å². The van der Waals surface area contributed by atoms with Crippen LogP contribution in [-0.4, -0.2) is 33.9 Å². The van der Waals surface area contributed by atoms with Gasteiger partial charge in [0.15, 0.2) is 6.61 Å². The average Bonchev–Trinajstić information content (AvgIpc) is 2.82. The van der Waals surface area contributed by atoms with Gasteiger partial charge in [-0.2, -0.15) is 13.2 Å². The molecule has 0 heterocycles. The molecule has 0 fully saturated rings. The molecular formula is C23H18ClF3N2O5S. The van der Waals surface area contributed by atoms with Gasteiger partial charge in [-0.1, -0.05) is 41.9 Å². The minimum Gasteiger partial charge on any atom is -0.452 e. The lowest BCUT2D eigenvalue weighted by molar-refractivity contribution is -0.137. The summed E-state index contributed by atoms with van der Waals surface area (Å²) in [6.45, 7) is -0.903. The van der Waals surface area contributed by atoms with E-state index in [1.54, 1.807) is 30.3 Å². The van der Waals surface area contributed by atoms with Gasteiger partial charge in [0.25, 0.3) is 15.9 Å². The number of hydrogen-bond donors (Lipinski definition) is 1. The number of ether oxygens (including phenoxy) is 1. The van der Waals surface area contributed by atoms with Crippen LogP contribution in [0.4, 0.5) is 24.5 Å². The van der Waals surface area contributed by atoms with E-state index in [2.05, 4.69) is 0 Å². The smallest absolute Gasteiger partial charge is 0.418 e. The highest BCUT2D eigenvalue weighted by molar-refractivity contribution is 7.93. The van der Waals surface area contributed by atoms with Crippen LogP contribution in [0.1, 0.15) is 15.9 Å². The fourth-order valence-electron chi connectivity index (χ4n) is 2.99. The standard InChI is InChI=1S/C23H18ClF3N2O5S/c1-29(16-7-3-2-4-8-16)35(32,33)20-13-15(11-12-18(20)24)22(31)34-14-21(30)28-19-10-6-5-9-17(19)23(25,26)27/h2-13H,14H2,1H3,(H,28,30). The molecule has 0 aliphatic carbocycles. The molecule has 0 aliphatic heterocycles. The quantitative estimate of drug-likeness (QED) is 0.438. The van der Waals surface area contributed by atoms with Crippen molar-refractivity contribution in [2.24, 2.45) is 0 Å². The molecule has 0 unspecified atom stereocenters. The number of para-hydroxylation sites is 2. The highest BCUT2D eigenvalue weighted by Crippen LogP contribution is 2.34. The maximum Gasteiger partial charge on any atom is 0.418 e. The van der Waals surface area contributed by atoms with Crippen LogP contribution < -0.4 is 9.62 Å².